The van der Waals surface area contributed by atoms with Gasteiger partial charge in [-0.15, -0.1) is 10.2 Å². The zero-order valence-corrected chi connectivity index (χ0v) is 21.6. The molecule has 8 heteroatoms. The number of hydrogen-bond donors (Lipinski definition) is 3. The van der Waals surface area contributed by atoms with Gasteiger partial charge >= 0.3 is 0 Å². The third-order valence-corrected chi connectivity index (χ3v) is 7.78. The second-order valence-corrected chi connectivity index (χ2v) is 10.8. The molecule has 2 amide bonds. The van der Waals surface area contributed by atoms with E-state index in [1.165, 1.54) is 6.92 Å². The van der Waals surface area contributed by atoms with Crippen molar-refractivity contribution in [2.45, 2.75) is 69.6 Å². The first-order valence-electron chi connectivity index (χ1n) is 13.3. The standard InChI is InChI=1S/C30H34FN5O2/c1-19(37)33-25-13-7-20(8-14-25)15-28(38)34-27-16-26(21-5-3-2-4-6-21)29(36-35-27)22-9-11-23(12-10-22)30(32)17-24(31)18-30/h2-6,9-12,16,20,24-25H,7-8,13-15,17-18,32H2,1H3,(H,33,37)(H,34,35,38)/t20-,24?,25-,30?. The Balaban J connectivity index is 1.31. The molecule has 198 valence electrons. The number of aromatic nitrogens is 2. The summed E-state index contributed by atoms with van der Waals surface area (Å²) in [5.41, 5.74) is 10.0. The predicted molar refractivity (Wildman–Crippen MR) is 146 cm³/mol. The first-order chi connectivity index (χ1) is 18.3. The molecule has 0 radical (unpaired) electrons. The van der Waals surface area contributed by atoms with E-state index in [4.69, 9.17) is 5.73 Å². The van der Waals surface area contributed by atoms with E-state index >= 15 is 0 Å². The fraction of sp³-hybridized carbons (Fsp3) is 0.400. The van der Waals surface area contributed by atoms with Crippen molar-refractivity contribution in [3.63, 3.8) is 0 Å². The van der Waals surface area contributed by atoms with Gasteiger partial charge in [0.15, 0.2) is 5.82 Å². The van der Waals surface area contributed by atoms with E-state index in [0.29, 0.717) is 30.8 Å². The van der Waals surface area contributed by atoms with E-state index in [9.17, 15) is 14.0 Å². The summed E-state index contributed by atoms with van der Waals surface area (Å²) in [5.74, 6) is 0.604. The van der Waals surface area contributed by atoms with Gasteiger partial charge in [-0.2, -0.15) is 0 Å². The molecule has 2 aliphatic rings. The minimum Gasteiger partial charge on any atom is -0.354 e. The zero-order chi connectivity index (χ0) is 26.7. The number of anilines is 1. The Hall–Kier alpha value is -3.65. The summed E-state index contributed by atoms with van der Waals surface area (Å²) in [6.07, 6.45) is 3.86. The molecule has 1 aromatic heterocycles. The number of alkyl halides is 1. The number of rotatable bonds is 7. The van der Waals surface area contributed by atoms with Crippen molar-refractivity contribution in [1.82, 2.24) is 15.5 Å². The van der Waals surface area contributed by atoms with E-state index in [1.807, 2.05) is 60.7 Å². The lowest BCUT2D eigenvalue weighted by atomic mass is 9.71. The van der Waals surface area contributed by atoms with Crippen LogP contribution in [0.15, 0.2) is 60.7 Å². The third kappa shape index (κ3) is 5.91. The SMILES string of the molecule is CC(=O)N[C@H]1CC[C@H](CC(=O)Nc2cc(-c3ccccc3)c(-c3ccc(C4(N)CC(F)C4)cc3)nn2)CC1. The van der Waals surface area contributed by atoms with Crippen molar-refractivity contribution in [2.75, 3.05) is 5.32 Å². The van der Waals surface area contributed by atoms with Gasteiger partial charge in [0.25, 0.3) is 0 Å². The van der Waals surface area contributed by atoms with Gasteiger partial charge in [-0.1, -0.05) is 54.6 Å². The number of amides is 2. The van der Waals surface area contributed by atoms with Crippen LogP contribution in [-0.4, -0.2) is 34.2 Å². The first-order valence-corrected chi connectivity index (χ1v) is 13.3. The smallest absolute Gasteiger partial charge is 0.225 e. The van der Waals surface area contributed by atoms with Crippen LogP contribution < -0.4 is 16.4 Å². The number of nitrogens with one attached hydrogen (secondary N) is 2. The Morgan fingerprint density at radius 1 is 0.974 bits per heavy atom. The number of nitrogens with two attached hydrogens (primary N) is 1. The van der Waals surface area contributed by atoms with Gasteiger partial charge in [-0.05, 0) is 48.8 Å². The molecule has 0 aliphatic heterocycles. The molecule has 4 N–H and O–H groups in total. The predicted octanol–water partition coefficient (Wildman–Crippen LogP) is 5.12. The molecule has 0 unspecified atom stereocenters. The van der Waals surface area contributed by atoms with Crippen LogP contribution >= 0.6 is 0 Å². The monoisotopic (exact) mass is 515 g/mol. The van der Waals surface area contributed by atoms with Crippen LogP contribution in [0.4, 0.5) is 10.2 Å². The maximum Gasteiger partial charge on any atom is 0.225 e. The highest BCUT2D eigenvalue weighted by Gasteiger charge is 2.42. The van der Waals surface area contributed by atoms with E-state index < -0.39 is 11.7 Å². The van der Waals surface area contributed by atoms with Crippen LogP contribution in [-0.2, 0) is 15.1 Å². The summed E-state index contributed by atoms with van der Waals surface area (Å²) < 4.78 is 13.5. The average Bonchev–Trinajstić information content (AvgIpc) is 2.89. The molecule has 2 saturated carbocycles. The Kier molecular flexibility index (Phi) is 7.51. The van der Waals surface area contributed by atoms with Gasteiger partial charge in [0.1, 0.15) is 11.9 Å². The average molecular weight is 516 g/mol. The molecule has 0 atom stereocenters. The Morgan fingerprint density at radius 2 is 1.66 bits per heavy atom. The minimum absolute atomic E-state index is 0.00465. The molecule has 1 heterocycles. The van der Waals surface area contributed by atoms with Gasteiger partial charge in [0.2, 0.25) is 11.8 Å². The number of carbonyl (C=O) groups is 2. The van der Waals surface area contributed by atoms with Gasteiger partial charge < -0.3 is 16.4 Å². The number of benzene rings is 2. The highest BCUT2D eigenvalue weighted by molar-refractivity contribution is 5.91. The van der Waals surface area contributed by atoms with Crippen LogP contribution in [0.3, 0.4) is 0 Å². The largest absolute Gasteiger partial charge is 0.354 e. The highest BCUT2D eigenvalue weighted by atomic mass is 19.1. The topological polar surface area (TPSA) is 110 Å². The fourth-order valence-electron chi connectivity index (χ4n) is 5.68. The van der Waals surface area contributed by atoms with Gasteiger partial charge in [0, 0.05) is 48.9 Å². The van der Waals surface area contributed by atoms with Crippen LogP contribution in [0.2, 0.25) is 0 Å². The van der Waals surface area contributed by atoms with E-state index in [-0.39, 0.29) is 23.8 Å². The normalized spacial score (nSPS) is 24.8. The Bertz CT molecular complexity index is 1280. The lowest BCUT2D eigenvalue weighted by molar-refractivity contribution is -0.120. The van der Waals surface area contributed by atoms with Crippen LogP contribution in [0.5, 0.6) is 0 Å². The number of halogens is 1. The molecular formula is C30H34FN5O2. The number of nitrogens with zero attached hydrogens (tertiary/aromatic N) is 2. The van der Waals surface area contributed by atoms with Crippen molar-refractivity contribution >= 4 is 17.6 Å². The summed E-state index contributed by atoms with van der Waals surface area (Å²) in [4.78, 5) is 24.1. The lowest BCUT2D eigenvalue weighted by Crippen LogP contribution is -2.50. The summed E-state index contributed by atoms with van der Waals surface area (Å²) in [5, 5.41) is 14.7. The van der Waals surface area contributed by atoms with Crippen molar-refractivity contribution in [3.05, 3.63) is 66.2 Å². The second-order valence-electron chi connectivity index (χ2n) is 10.8. The fourth-order valence-corrected chi connectivity index (χ4v) is 5.68. The minimum atomic E-state index is -0.836. The molecule has 5 rings (SSSR count). The Morgan fingerprint density at radius 3 is 2.29 bits per heavy atom. The highest BCUT2D eigenvalue weighted by Crippen LogP contribution is 2.41. The molecule has 0 saturated heterocycles. The molecule has 7 nitrogen and oxygen atoms in total. The van der Waals surface area contributed by atoms with E-state index in [1.54, 1.807) is 0 Å². The summed E-state index contributed by atoms with van der Waals surface area (Å²) in [6.45, 7) is 1.54. The molecule has 0 bridgehead atoms. The molecule has 0 spiro atoms. The van der Waals surface area contributed by atoms with Crippen LogP contribution in [0, 0.1) is 5.92 Å². The molecule has 3 aromatic rings. The van der Waals surface area contributed by atoms with Gasteiger partial charge in [0.05, 0.1) is 0 Å². The van der Waals surface area contributed by atoms with E-state index in [0.717, 1.165) is 47.9 Å². The van der Waals surface area contributed by atoms with Crippen molar-refractivity contribution in [3.8, 4) is 22.4 Å². The van der Waals surface area contributed by atoms with Crippen molar-refractivity contribution in [2.24, 2.45) is 11.7 Å². The number of hydrogen-bond acceptors (Lipinski definition) is 5. The summed E-state index contributed by atoms with van der Waals surface area (Å²) in [7, 11) is 0. The first kappa shape index (κ1) is 26.0. The van der Waals surface area contributed by atoms with Crippen molar-refractivity contribution < 1.29 is 14.0 Å². The zero-order valence-electron chi connectivity index (χ0n) is 21.6. The second kappa shape index (κ2) is 11.0. The molecule has 2 aromatic carbocycles. The number of carbonyl (C=O) groups excluding carboxylic acids is 2. The van der Waals surface area contributed by atoms with Crippen molar-refractivity contribution in [1.29, 1.82) is 0 Å². The van der Waals surface area contributed by atoms with E-state index in [2.05, 4.69) is 20.8 Å². The quantitative estimate of drug-likeness (QED) is 0.405. The maximum atomic E-state index is 13.5. The van der Waals surface area contributed by atoms with Gasteiger partial charge in [-0.25, -0.2) is 4.39 Å². The summed E-state index contributed by atoms with van der Waals surface area (Å²) in [6, 6.07) is 19.7. The van der Waals surface area contributed by atoms with Crippen LogP contribution in [0.1, 0.15) is 57.4 Å². The molecule has 2 fully saturated rings. The molecule has 38 heavy (non-hydrogen) atoms. The third-order valence-electron chi connectivity index (χ3n) is 7.78. The molecular weight excluding hydrogens is 481 g/mol. The Labute approximate surface area is 222 Å². The summed E-state index contributed by atoms with van der Waals surface area (Å²) >= 11 is 0. The maximum absolute atomic E-state index is 13.5. The molecule has 2 aliphatic carbocycles. The lowest BCUT2D eigenvalue weighted by Gasteiger charge is -2.41. The van der Waals surface area contributed by atoms with Crippen LogP contribution in [0.25, 0.3) is 22.4 Å². The van der Waals surface area contributed by atoms with Gasteiger partial charge in [-0.3, -0.25) is 9.59 Å².